The summed E-state index contributed by atoms with van der Waals surface area (Å²) >= 11 is 0. The number of rotatable bonds is 4. The second-order valence-corrected chi connectivity index (χ2v) is 5.64. The van der Waals surface area contributed by atoms with Crippen LogP contribution in [0.5, 0.6) is 0 Å². The van der Waals surface area contributed by atoms with Crippen LogP contribution in [0.15, 0.2) is 35.1 Å². The predicted octanol–water partition coefficient (Wildman–Crippen LogP) is 2.39. The molecular formula is C16H14N2O3. The van der Waals surface area contributed by atoms with E-state index < -0.39 is 5.97 Å². The molecule has 1 aliphatic carbocycles. The Morgan fingerprint density at radius 1 is 1.38 bits per heavy atom. The first kappa shape index (κ1) is 13.4. The van der Waals surface area contributed by atoms with E-state index in [2.05, 4.69) is 6.07 Å². The lowest BCUT2D eigenvalue weighted by atomic mass is 10.0. The van der Waals surface area contributed by atoms with Crippen molar-refractivity contribution in [2.75, 3.05) is 0 Å². The summed E-state index contributed by atoms with van der Waals surface area (Å²) in [5, 5.41) is 18.7. The minimum atomic E-state index is -1.10. The van der Waals surface area contributed by atoms with E-state index in [4.69, 9.17) is 5.26 Å². The number of aromatic nitrogens is 1. The molecule has 0 unspecified atom stereocenters. The molecule has 5 heteroatoms. The molecule has 1 saturated carbocycles. The minimum Gasteiger partial charge on any atom is -0.478 e. The number of hydrogen-bond acceptors (Lipinski definition) is 3. The van der Waals surface area contributed by atoms with Crippen molar-refractivity contribution in [2.45, 2.75) is 25.8 Å². The van der Waals surface area contributed by atoms with Gasteiger partial charge in [-0.3, -0.25) is 4.79 Å². The SMILES string of the molecule is N#CCC1(Cn2c(=O)cc(C(=O)O)c3ccccc32)CC1. The molecule has 0 bridgehead atoms. The third-order valence-corrected chi connectivity index (χ3v) is 4.15. The molecule has 0 spiro atoms. The molecule has 5 nitrogen and oxygen atoms in total. The van der Waals surface area contributed by atoms with E-state index in [9.17, 15) is 14.7 Å². The Kier molecular flexibility index (Phi) is 3.02. The van der Waals surface area contributed by atoms with Crippen LogP contribution in [0, 0.1) is 16.7 Å². The first-order valence-corrected chi connectivity index (χ1v) is 6.79. The number of hydrogen-bond donors (Lipinski definition) is 1. The van der Waals surface area contributed by atoms with Crippen LogP contribution in [-0.2, 0) is 6.54 Å². The second kappa shape index (κ2) is 4.74. The van der Waals surface area contributed by atoms with Gasteiger partial charge in [0, 0.05) is 29.8 Å². The number of carbonyl (C=O) groups is 1. The third kappa shape index (κ3) is 2.29. The highest BCUT2D eigenvalue weighted by Crippen LogP contribution is 2.50. The third-order valence-electron chi connectivity index (χ3n) is 4.15. The maximum Gasteiger partial charge on any atom is 0.336 e. The summed E-state index contributed by atoms with van der Waals surface area (Å²) in [7, 11) is 0. The fourth-order valence-electron chi connectivity index (χ4n) is 2.75. The highest BCUT2D eigenvalue weighted by molar-refractivity contribution is 6.02. The normalized spacial score (nSPS) is 15.6. The highest BCUT2D eigenvalue weighted by Gasteiger charge is 2.43. The maximum absolute atomic E-state index is 12.3. The number of carboxylic acids is 1. The van der Waals surface area contributed by atoms with Gasteiger partial charge in [-0.15, -0.1) is 0 Å². The van der Waals surface area contributed by atoms with Crippen molar-refractivity contribution in [3.05, 3.63) is 46.2 Å². The summed E-state index contributed by atoms with van der Waals surface area (Å²) in [5.41, 5.74) is 0.199. The Balaban J connectivity index is 2.18. The number of nitrogens with zero attached hydrogens (tertiary/aromatic N) is 2. The summed E-state index contributed by atoms with van der Waals surface area (Å²) in [4.78, 5) is 23.6. The smallest absolute Gasteiger partial charge is 0.336 e. The lowest BCUT2D eigenvalue weighted by Crippen LogP contribution is -2.26. The Labute approximate surface area is 121 Å². The second-order valence-electron chi connectivity index (χ2n) is 5.64. The van der Waals surface area contributed by atoms with E-state index in [1.807, 2.05) is 0 Å². The summed E-state index contributed by atoms with van der Waals surface area (Å²) in [6.07, 6.45) is 2.29. The van der Waals surface area contributed by atoms with Gasteiger partial charge < -0.3 is 9.67 Å². The summed E-state index contributed by atoms with van der Waals surface area (Å²) in [5.74, 6) is -1.10. The standard InChI is InChI=1S/C16H14N2O3/c17-8-7-16(5-6-16)10-18-13-4-2-1-3-11(13)12(15(20)21)9-14(18)19/h1-4,9H,5-7,10H2,(H,20,21). The van der Waals surface area contributed by atoms with Gasteiger partial charge in [0.2, 0.25) is 0 Å². The van der Waals surface area contributed by atoms with Crippen molar-refractivity contribution in [3.63, 3.8) is 0 Å². The van der Waals surface area contributed by atoms with Crippen LogP contribution in [0.2, 0.25) is 0 Å². The predicted molar refractivity (Wildman–Crippen MR) is 77.1 cm³/mol. The van der Waals surface area contributed by atoms with Crippen LogP contribution in [0.4, 0.5) is 0 Å². The van der Waals surface area contributed by atoms with Crippen LogP contribution in [-0.4, -0.2) is 15.6 Å². The van der Waals surface area contributed by atoms with Crippen LogP contribution < -0.4 is 5.56 Å². The zero-order chi connectivity index (χ0) is 15.0. The lowest BCUT2D eigenvalue weighted by Gasteiger charge is -2.16. The van der Waals surface area contributed by atoms with Crippen LogP contribution in [0.1, 0.15) is 29.6 Å². The van der Waals surface area contributed by atoms with E-state index >= 15 is 0 Å². The molecule has 1 aromatic carbocycles. The first-order valence-electron chi connectivity index (χ1n) is 6.79. The van der Waals surface area contributed by atoms with Crippen molar-refractivity contribution < 1.29 is 9.90 Å². The van der Waals surface area contributed by atoms with E-state index in [1.54, 1.807) is 28.8 Å². The molecule has 0 amide bonds. The first-order chi connectivity index (χ1) is 10.1. The molecule has 1 N–H and O–H groups in total. The van der Waals surface area contributed by atoms with Crippen molar-refractivity contribution in [1.29, 1.82) is 5.26 Å². The quantitative estimate of drug-likeness (QED) is 0.933. The molecule has 1 aliphatic rings. The molecule has 1 fully saturated rings. The summed E-state index contributed by atoms with van der Waals surface area (Å²) < 4.78 is 1.60. The fraction of sp³-hybridized carbons (Fsp3) is 0.312. The van der Waals surface area contributed by atoms with Gasteiger partial charge in [-0.05, 0) is 18.9 Å². The van der Waals surface area contributed by atoms with Crippen molar-refractivity contribution >= 4 is 16.9 Å². The van der Waals surface area contributed by atoms with Gasteiger partial charge in [-0.2, -0.15) is 5.26 Å². The van der Waals surface area contributed by atoms with E-state index in [1.165, 1.54) is 6.07 Å². The number of benzene rings is 1. The zero-order valence-corrected chi connectivity index (χ0v) is 11.4. The Morgan fingerprint density at radius 2 is 2.10 bits per heavy atom. The molecule has 1 heterocycles. The number of carboxylic acid groups (broad SMARTS) is 1. The molecule has 3 rings (SSSR count). The molecule has 1 aromatic heterocycles. The van der Waals surface area contributed by atoms with E-state index in [0.29, 0.717) is 23.9 Å². The van der Waals surface area contributed by atoms with Gasteiger partial charge in [-0.25, -0.2) is 4.79 Å². The van der Waals surface area contributed by atoms with Gasteiger partial charge in [-0.1, -0.05) is 18.2 Å². The minimum absolute atomic E-state index is 0.0250. The average Bonchev–Trinajstić information content (AvgIpc) is 3.21. The highest BCUT2D eigenvalue weighted by atomic mass is 16.4. The average molecular weight is 282 g/mol. The molecular weight excluding hydrogens is 268 g/mol. The Morgan fingerprint density at radius 3 is 2.71 bits per heavy atom. The van der Waals surface area contributed by atoms with Crippen molar-refractivity contribution in [1.82, 2.24) is 4.57 Å². The number of nitriles is 1. The molecule has 0 saturated heterocycles. The van der Waals surface area contributed by atoms with Crippen molar-refractivity contribution in [3.8, 4) is 6.07 Å². The molecule has 0 aliphatic heterocycles. The summed E-state index contributed by atoms with van der Waals surface area (Å²) in [6, 6.07) is 10.4. The van der Waals surface area contributed by atoms with Crippen LogP contribution in [0.3, 0.4) is 0 Å². The van der Waals surface area contributed by atoms with E-state index in [-0.39, 0.29) is 16.5 Å². The monoisotopic (exact) mass is 282 g/mol. The van der Waals surface area contributed by atoms with Gasteiger partial charge in [0.25, 0.3) is 5.56 Å². The molecule has 21 heavy (non-hydrogen) atoms. The number of aromatic carboxylic acids is 1. The van der Waals surface area contributed by atoms with Crippen LogP contribution >= 0.6 is 0 Å². The Bertz CT molecular complexity index is 826. The lowest BCUT2D eigenvalue weighted by molar-refractivity contribution is 0.0698. The molecule has 0 radical (unpaired) electrons. The maximum atomic E-state index is 12.3. The molecule has 0 atom stereocenters. The van der Waals surface area contributed by atoms with E-state index in [0.717, 1.165) is 12.8 Å². The number of pyridine rings is 1. The van der Waals surface area contributed by atoms with Crippen molar-refractivity contribution in [2.24, 2.45) is 5.41 Å². The van der Waals surface area contributed by atoms with Gasteiger partial charge in [0.1, 0.15) is 0 Å². The van der Waals surface area contributed by atoms with Gasteiger partial charge >= 0.3 is 5.97 Å². The summed E-state index contributed by atoms with van der Waals surface area (Å²) in [6.45, 7) is 0.472. The fourth-order valence-corrected chi connectivity index (χ4v) is 2.75. The largest absolute Gasteiger partial charge is 0.478 e. The Hall–Kier alpha value is -2.61. The zero-order valence-electron chi connectivity index (χ0n) is 11.4. The number of fused-ring (bicyclic) bond motifs is 1. The van der Waals surface area contributed by atoms with Gasteiger partial charge in [0.05, 0.1) is 17.1 Å². The van der Waals surface area contributed by atoms with Gasteiger partial charge in [0.15, 0.2) is 0 Å². The number of para-hydroxylation sites is 1. The topological polar surface area (TPSA) is 83.1 Å². The molecule has 2 aromatic rings. The van der Waals surface area contributed by atoms with Crippen LogP contribution in [0.25, 0.3) is 10.9 Å². The molecule has 106 valence electrons.